The molecule has 0 unspecified atom stereocenters. The Hall–Kier alpha value is -4.36. The van der Waals surface area contributed by atoms with Crippen molar-refractivity contribution in [1.82, 2.24) is 19.9 Å². The Labute approximate surface area is 212 Å². The van der Waals surface area contributed by atoms with Gasteiger partial charge in [-0.15, -0.1) is 0 Å². The number of nitrogens with zero attached hydrogens (tertiary/aromatic N) is 3. The minimum absolute atomic E-state index is 0.0241. The van der Waals surface area contributed by atoms with Gasteiger partial charge in [-0.3, -0.25) is 14.4 Å². The number of halogens is 3. The fraction of sp³-hybridized carbons (Fsp3) is 0.348. The van der Waals surface area contributed by atoms with E-state index in [0.717, 1.165) is 26.3 Å². The molecule has 2 amide bonds. The molecule has 196 valence electrons. The monoisotopic (exact) mass is 523 g/mol. The van der Waals surface area contributed by atoms with Crippen molar-refractivity contribution >= 4 is 40.5 Å². The molecule has 1 atom stereocenters. The lowest BCUT2D eigenvalue weighted by Gasteiger charge is -2.23. The number of nitrogens with one attached hydrogen (secondary N) is 3. The quantitative estimate of drug-likeness (QED) is 0.383. The number of carbonyl (C=O) groups is 3. The summed E-state index contributed by atoms with van der Waals surface area (Å²) >= 11 is 0. The summed E-state index contributed by atoms with van der Waals surface area (Å²) in [7, 11) is 1.12. The first-order chi connectivity index (χ1) is 18.7. The lowest BCUT2D eigenvalue weighted by molar-refractivity contribution is -0.223. The van der Waals surface area contributed by atoms with Crippen molar-refractivity contribution in [2.24, 2.45) is 5.92 Å². The maximum absolute atomic E-state index is 13.8. The van der Waals surface area contributed by atoms with Gasteiger partial charge < -0.3 is 25.4 Å². The van der Waals surface area contributed by atoms with Crippen molar-refractivity contribution in [1.29, 1.82) is 0 Å². The molecule has 0 saturated heterocycles. The summed E-state index contributed by atoms with van der Waals surface area (Å²) < 4.78 is 74.6. The third-order valence-corrected chi connectivity index (χ3v) is 5.47. The summed E-state index contributed by atoms with van der Waals surface area (Å²) in [6.45, 7) is -2.00. The number of fused-ring (bicyclic) bond motifs is 1. The number of anilines is 3. The molecule has 1 aliphatic carbocycles. The lowest BCUT2D eigenvalue weighted by atomic mass is 10.1. The molecule has 14 heteroatoms. The molecule has 1 aliphatic rings. The van der Waals surface area contributed by atoms with Crippen molar-refractivity contribution in [2.45, 2.75) is 32.0 Å². The maximum Gasteiger partial charge on any atom is 0.429 e. The van der Waals surface area contributed by atoms with Crippen molar-refractivity contribution in [3.05, 3.63) is 41.9 Å². The van der Waals surface area contributed by atoms with Gasteiger partial charge in [0.25, 0.3) is 5.91 Å². The van der Waals surface area contributed by atoms with Crippen LogP contribution in [-0.2, 0) is 14.3 Å². The summed E-state index contributed by atoms with van der Waals surface area (Å²) in [4.78, 5) is 40.5. The van der Waals surface area contributed by atoms with Crippen LogP contribution in [-0.4, -0.2) is 52.6 Å². The van der Waals surface area contributed by atoms with Crippen molar-refractivity contribution in [2.75, 3.05) is 24.7 Å². The summed E-state index contributed by atoms with van der Waals surface area (Å²) in [5.41, 5.74) is -0.797. The van der Waals surface area contributed by atoms with E-state index in [1.165, 1.54) is 23.0 Å². The summed E-state index contributed by atoms with van der Waals surface area (Å²) in [6, 6.07) is 2.31. The average molecular weight is 523 g/mol. The van der Waals surface area contributed by atoms with Crippen LogP contribution in [0.2, 0.25) is 0 Å². The van der Waals surface area contributed by atoms with Crippen molar-refractivity contribution < 1.29 is 41.1 Å². The number of hydrogen-bond acceptors (Lipinski definition) is 8. The number of methoxy groups -OCH3 is 1. The Bertz CT molecular complexity index is 1470. The molecule has 4 rings (SSSR count). The van der Waals surface area contributed by atoms with Crippen LogP contribution < -0.4 is 20.7 Å². The highest BCUT2D eigenvalue weighted by Crippen LogP contribution is 2.43. The van der Waals surface area contributed by atoms with E-state index in [4.69, 9.17) is 8.85 Å². The van der Waals surface area contributed by atoms with Crippen LogP contribution in [0.5, 0.6) is 5.75 Å². The fourth-order valence-electron chi connectivity index (χ4n) is 3.64. The second-order valence-corrected chi connectivity index (χ2v) is 8.14. The van der Waals surface area contributed by atoms with Gasteiger partial charge in [-0.25, -0.2) is 9.50 Å². The van der Waals surface area contributed by atoms with Crippen LogP contribution in [0.1, 0.15) is 45.9 Å². The number of hydrogen-bond donors (Lipinski definition) is 3. The molecular weight excluding hydrogens is 497 g/mol. The Kier molecular flexibility index (Phi) is 5.88. The third-order valence-electron chi connectivity index (χ3n) is 5.47. The third kappa shape index (κ3) is 5.42. The SMILES string of the molecule is [2H]C([2H])([2H])NC(=O)c1cnc(NC(=O)C2CC2)cc1Nc1cnn2ccc([C@H](OC(C)=O)C(F)(F)F)c(OC)c12. The predicted molar refractivity (Wildman–Crippen MR) is 125 cm³/mol. The maximum atomic E-state index is 13.8. The molecule has 3 heterocycles. The Morgan fingerprint density at radius 1 is 1.24 bits per heavy atom. The highest BCUT2D eigenvalue weighted by Gasteiger charge is 2.45. The highest BCUT2D eigenvalue weighted by atomic mass is 19.4. The Morgan fingerprint density at radius 2 is 2.00 bits per heavy atom. The largest absolute Gasteiger partial charge is 0.494 e. The molecule has 37 heavy (non-hydrogen) atoms. The second-order valence-electron chi connectivity index (χ2n) is 8.14. The van der Waals surface area contributed by atoms with Crippen molar-refractivity contribution in [3.8, 4) is 5.75 Å². The molecule has 1 saturated carbocycles. The molecule has 0 spiro atoms. The molecular formula is C23H23F3N6O5. The summed E-state index contributed by atoms with van der Waals surface area (Å²) in [5.74, 6) is -2.96. The molecule has 11 nitrogen and oxygen atoms in total. The van der Waals surface area contributed by atoms with E-state index in [1.54, 1.807) is 0 Å². The number of alkyl halides is 3. The van der Waals surface area contributed by atoms with E-state index >= 15 is 0 Å². The molecule has 1 fully saturated rings. The van der Waals surface area contributed by atoms with Crippen LogP contribution in [0.3, 0.4) is 0 Å². The van der Waals surface area contributed by atoms with Crippen molar-refractivity contribution in [3.63, 3.8) is 0 Å². The second kappa shape index (κ2) is 9.95. The molecule has 3 aromatic rings. The number of carbonyl (C=O) groups excluding carboxylic acids is 3. The smallest absolute Gasteiger partial charge is 0.429 e. The van der Waals surface area contributed by atoms with Gasteiger partial charge in [-0.2, -0.15) is 18.3 Å². The van der Waals surface area contributed by atoms with Crippen LogP contribution in [0, 0.1) is 5.92 Å². The zero-order valence-corrected chi connectivity index (χ0v) is 19.5. The number of amides is 2. The van der Waals surface area contributed by atoms with Crippen LogP contribution >= 0.6 is 0 Å². The average Bonchev–Trinajstić information content (AvgIpc) is 3.62. The highest BCUT2D eigenvalue weighted by molar-refractivity contribution is 6.02. The molecule has 0 radical (unpaired) electrons. The lowest BCUT2D eigenvalue weighted by Crippen LogP contribution is -2.26. The molecule has 3 aromatic heterocycles. The standard InChI is InChI=1S/C23H23F3N6O5/c1-11(33)37-20(23(24,25)26)13-6-7-32-18(19(13)36-3)16(10-29-32)30-15-8-17(31-21(34)12-4-5-12)28-9-14(15)22(35)27-2/h6-10,12,20H,4-5H2,1-3H3,(H,27,35)(H2,28,30,31,34)/t20-/m0/s1/i2D3. The van der Waals surface area contributed by atoms with Gasteiger partial charge in [-0.1, -0.05) is 0 Å². The first kappa shape index (κ1) is 21.9. The number of aromatic nitrogens is 3. The van der Waals surface area contributed by atoms with Crippen LogP contribution in [0.15, 0.2) is 30.7 Å². The van der Waals surface area contributed by atoms with E-state index in [2.05, 4.69) is 25.5 Å². The molecule has 0 aliphatic heterocycles. The number of rotatable bonds is 8. The van der Waals surface area contributed by atoms with Gasteiger partial charge in [-0.05, 0) is 18.9 Å². The van der Waals surface area contributed by atoms with Gasteiger partial charge >= 0.3 is 12.1 Å². The zero-order chi connectivity index (χ0) is 29.4. The topological polar surface area (TPSA) is 136 Å². The predicted octanol–water partition coefficient (Wildman–Crippen LogP) is 3.36. The van der Waals surface area contributed by atoms with Crippen LogP contribution in [0.25, 0.3) is 5.52 Å². The first-order valence-corrected chi connectivity index (χ1v) is 10.9. The number of esters is 1. The normalized spacial score (nSPS) is 15.6. The molecule has 0 bridgehead atoms. The Balaban J connectivity index is 1.81. The van der Waals surface area contributed by atoms with E-state index in [0.29, 0.717) is 12.8 Å². The molecule has 3 N–H and O–H groups in total. The minimum atomic E-state index is -4.98. The first-order valence-electron chi connectivity index (χ1n) is 12.4. The van der Waals surface area contributed by atoms with Gasteiger partial charge in [0.1, 0.15) is 11.3 Å². The number of pyridine rings is 2. The van der Waals surface area contributed by atoms with Gasteiger partial charge in [0.05, 0.1) is 30.2 Å². The van der Waals surface area contributed by atoms with Gasteiger partial charge in [0.15, 0.2) is 5.75 Å². The fourth-order valence-corrected chi connectivity index (χ4v) is 3.64. The minimum Gasteiger partial charge on any atom is -0.494 e. The van der Waals surface area contributed by atoms with E-state index in [1.807, 2.05) is 5.32 Å². The molecule has 0 aromatic carbocycles. The van der Waals surface area contributed by atoms with Crippen LogP contribution in [0.4, 0.5) is 30.4 Å². The summed E-state index contributed by atoms with van der Waals surface area (Å²) in [6.07, 6.45) is -2.74. The summed E-state index contributed by atoms with van der Waals surface area (Å²) in [5, 5.41) is 11.4. The van der Waals surface area contributed by atoms with Gasteiger partial charge in [0, 0.05) is 48.0 Å². The van der Waals surface area contributed by atoms with E-state index in [-0.39, 0.29) is 45.8 Å². The van der Waals surface area contributed by atoms with E-state index in [9.17, 15) is 27.6 Å². The zero-order valence-electron chi connectivity index (χ0n) is 22.5. The Morgan fingerprint density at radius 3 is 2.62 bits per heavy atom. The number of ether oxygens (including phenoxy) is 2. The van der Waals surface area contributed by atoms with Gasteiger partial charge in [0.2, 0.25) is 12.0 Å². The van der Waals surface area contributed by atoms with E-state index < -0.39 is 36.7 Å².